The van der Waals surface area contributed by atoms with Gasteiger partial charge in [-0.25, -0.2) is 0 Å². The van der Waals surface area contributed by atoms with Gasteiger partial charge in [0.05, 0.1) is 0 Å². The van der Waals surface area contributed by atoms with E-state index in [1.807, 2.05) is 0 Å². The van der Waals surface area contributed by atoms with E-state index in [1.54, 1.807) is 11.3 Å². The molecule has 0 saturated carbocycles. The van der Waals surface area contributed by atoms with E-state index >= 15 is 0 Å². The minimum Gasteiger partial charge on any atom is -0.310 e. The van der Waals surface area contributed by atoms with Gasteiger partial charge in [-0.3, -0.25) is 0 Å². The van der Waals surface area contributed by atoms with Crippen molar-refractivity contribution in [2.45, 2.75) is 26.3 Å². The Hall–Kier alpha value is -0.830. The predicted molar refractivity (Wildman–Crippen MR) is 80.6 cm³/mol. The van der Waals surface area contributed by atoms with Crippen LogP contribution in [0.15, 0.2) is 35.7 Å². The van der Waals surface area contributed by atoms with Crippen molar-refractivity contribution in [3.63, 3.8) is 0 Å². The molecule has 18 heavy (non-hydrogen) atoms. The fourth-order valence-corrected chi connectivity index (χ4v) is 3.12. The second kappa shape index (κ2) is 6.37. The van der Waals surface area contributed by atoms with Gasteiger partial charge in [-0.15, -0.1) is 11.3 Å². The standard InChI is InChI=1S/C15H18ClNS/c1-3-17-14(10-12-7-5-9-18-12)13-8-4-6-11(2)15(13)16/h4-9,14,17H,3,10H2,1-2H3. The first-order valence-electron chi connectivity index (χ1n) is 6.23. The smallest absolute Gasteiger partial charge is 0.0483 e. The summed E-state index contributed by atoms with van der Waals surface area (Å²) in [7, 11) is 0. The lowest BCUT2D eigenvalue weighted by Crippen LogP contribution is -2.23. The van der Waals surface area contributed by atoms with Crippen molar-refractivity contribution in [2.75, 3.05) is 6.54 Å². The number of hydrogen-bond acceptors (Lipinski definition) is 2. The number of aryl methyl sites for hydroxylation is 1. The Morgan fingerprint density at radius 1 is 1.28 bits per heavy atom. The fourth-order valence-electron chi connectivity index (χ4n) is 2.11. The van der Waals surface area contributed by atoms with Gasteiger partial charge in [0, 0.05) is 22.4 Å². The molecule has 1 N–H and O–H groups in total. The maximum atomic E-state index is 6.43. The number of thiophene rings is 1. The Morgan fingerprint density at radius 3 is 2.78 bits per heavy atom. The molecular weight excluding hydrogens is 262 g/mol. The molecule has 0 aliphatic heterocycles. The predicted octanol–water partition coefficient (Wildman–Crippen LogP) is 4.60. The first-order valence-corrected chi connectivity index (χ1v) is 7.49. The quantitative estimate of drug-likeness (QED) is 0.843. The minimum absolute atomic E-state index is 0.293. The SMILES string of the molecule is CCNC(Cc1cccs1)c1cccc(C)c1Cl. The molecule has 2 rings (SSSR count). The molecule has 0 saturated heterocycles. The monoisotopic (exact) mass is 279 g/mol. The minimum atomic E-state index is 0.293. The van der Waals surface area contributed by atoms with Crippen LogP contribution in [-0.4, -0.2) is 6.54 Å². The molecule has 1 aromatic carbocycles. The highest BCUT2D eigenvalue weighted by Gasteiger charge is 2.15. The summed E-state index contributed by atoms with van der Waals surface area (Å²) < 4.78 is 0. The Balaban J connectivity index is 2.26. The summed E-state index contributed by atoms with van der Waals surface area (Å²) in [4.78, 5) is 1.39. The molecule has 1 nitrogen and oxygen atoms in total. The molecule has 1 heterocycles. The van der Waals surface area contributed by atoms with Crippen LogP contribution in [0.3, 0.4) is 0 Å². The van der Waals surface area contributed by atoms with Gasteiger partial charge < -0.3 is 5.32 Å². The van der Waals surface area contributed by atoms with E-state index < -0.39 is 0 Å². The van der Waals surface area contributed by atoms with E-state index in [-0.39, 0.29) is 0 Å². The van der Waals surface area contributed by atoms with Crippen LogP contribution in [0.5, 0.6) is 0 Å². The number of likely N-dealkylation sites (N-methyl/N-ethyl adjacent to an activating group) is 1. The van der Waals surface area contributed by atoms with Crippen LogP contribution in [0, 0.1) is 6.92 Å². The lowest BCUT2D eigenvalue weighted by Gasteiger charge is -2.20. The second-order valence-corrected chi connectivity index (χ2v) is 5.78. The zero-order valence-electron chi connectivity index (χ0n) is 10.7. The molecule has 1 aromatic heterocycles. The lowest BCUT2D eigenvalue weighted by molar-refractivity contribution is 0.553. The maximum absolute atomic E-state index is 6.43. The van der Waals surface area contributed by atoms with Crippen LogP contribution in [0.1, 0.15) is 29.0 Å². The number of benzene rings is 1. The van der Waals surface area contributed by atoms with Crippen LogP contribution >= 0.6 is 22.9 Å². The summed E-state index contributed by atoms with van der Waals surface area (Å²) in [6.45, 7) is 5.13. The summed E-state index contributed by atoms with van der Waals surface area (Å²) in [5.74, 6) is 0. The maximum Gasteiger partial charge on any atom is 0.0483 e. The topological polar surface area (TPSA) is 12.0 Å². The molecule has 0 spiro atoms. The average molecular weight is 280 g/mol. The molecule has 3 heteroatoms. The van der Waals surface area contributed by atoms with Crippen molar-refractivity contribution in [1.82, 2.24) is 5.32 Å². The molecule has 0 fully saturated rings. The van der Waals surface area contributed by atoms with Gasteiger partial charge in [-0.2, -0.15) is 0 Å². The van der Waals surface area contributed by atoms with Gasteiger partial charge in [0.15, 0.2) is 0 Å². The van der Waals surface area contributed by atoms with Gasteiger partial charge in [0.2, 0.25) is 0 Å². The summed E-state index contributed by atoms with van der Waals surface area (Å²) in [5.41, 5.74) is 2.34. The Labute approximate surface area is 118 Å². The Kier molecular flexibility index (Phi) is 4.81. The Morgan fingerprint density at radius 2 is 2.11 bits per heavy atom. The molecule has 96 valence electrons. The van der Waals surface area contributed by atoms with E-state index in [2.05, 4.69) is 54.9 Å². The molecule has 1 atom stereocenters. The highest BCUT2D eigenvalue weighted by Crippen LogP contribution is 2.29. The largest absolute Gasteiger partial charge is 0.310 e. The fraction of sp³-hybridized carbons (Fsp3) is 0.333. The van der Waals surface area contributed by atoms with Crippen molar-refractivity contribution < 1.29 is 0 Å². The molecule has 1 unspecified atom stereocenters. The first kappa shape index (κ1) is 13.6. The van der Waals surface area contributed by atoms with E-state index in [0.717, 1.165) is 23.6 Å². The van der Waals surface area contributed by atoms with Gasteiger partial charge in [-0.05, 0) is 36.0 Å². The van der Waals surface area contributed by atoms with E-state index in [4.69, 9.17) is 11.6 Å². The van der Waals surface area contributed by atoms with Crippen molar-refractivity contribution in [2.24, 2.45) is 0 Å². The lowest BCUT2D eigenvalue weighted by atomic mass is 10.0. The average Bonchev–Trinajstić information content (AvgIpc) is 2.85. The third-order valence-corrected chi connectivity index (χ3v) is 4.45. The van der Waals surface area contributed by atoms with E-state index in [9.17, 15) is 0 Å². The first-order chi connectivity index (χ1) is 8.72. The number of halogens is 1. The third kappa shape index (κ3) is 3.14. The molecular formula is C15H18ClNS. The van der Waals surface area contributed by atoms with Crippen molar-refractivity contribution in [3.8, 4) is 0 Å². The normalized spacial score (nSPS) is 12.6. The highest BCUT2D eigenvalue weighted by molar-refractivity contribution is 7.09. The third-order valence-electron chi connectivity index (χ3n) is 3.03. The van der Waals surface area contributed by atoms with Crippen molar-refractivity contribution >= 4 is 22.9 Å². The Bertz CT molecular complexity index is 493. The van der Waals surface area contributed by atoms with E-state index in [1.165, 1.54) is 10.4 Å². The van der Waals surface area contributed by atoms with Gasteiger partial charge in [-0.1, -0.05) is 42.8 Å². The second-order valence-electron chi connectivity index (χ2n) is 4.37. The number of nitrogens with one attached hydrogen (secondary N) is 1. The molecule has 0 aliphatic carbocycles. The van der Waals surface area contributed by atoms with Crippen LogP contribution in [-0.2, 0) is 6.42 Å². The zero-order chi connectivity index (χ0) is 13.0. The summed E-state index contributed by atoms with van der Waals surface area (Å²) in [5, 5.41) is 6.54. The number of hydrogen-bond donors (Lipinski definition) is 1. The van der Waals surface area contributed by atoms with Crippen LogP contribution in [0.4, 0.5) is 0 Å². The highest BCUT2D eigenvalue weighted by atomic mass is 35.5. The van der Waals surface area contributed by atoms with Crippen molar-refractivity contribution in [1.29, 1.82) is 0 Å². The van der Waals surface area contributed by atoms with Gasteiger partial charge >= 0.3 is 0 Å². The van der Waals surface area contributed by atoms with Gasteiger partial charge in [0.1, 0.15) is 0 Å². The molecule has 0 bridgehead atoms. The molecule has 2 aromatic rings. The molecule has 0 radical (unpaired) electrons. The zero-order valence-corrected chi connectivity index (χ0v) is 12.3. The van der Waals surface area contributed by atoms with Crippen LogP contribution in [0.2, 0.25) is 5.02 Å². The summed E-state index contributed by atoms with van der Waals surface area (Å²) in [6.07, 6.45) is 0.995. The summed E-state index contributed by atoms with van der Waals surface area (Å²) >= 11 is 8.23. The van der Waals surface area contributed by atoms with Crippen LogP contribution in [0.25, 0.3) is 0 Å². The number of rotatable bonds is 5. The summed E-state index contributed by atoms with van der Waals surface area (Å²) in [6, 6.07) is 10.8. The van der Waals surface area contributed by atoms with Crippen molar-refractivity contribution in [3.05, 3.63) is 56.7 Å². The van der Waals surface area contributed by atoms with E-state index in [0.29, 0.717) is 6.04 Å². The van der Waals surface area contributed by atoms with Crippen LogP contribution < -0.4 is 5.32 Å². The molecule has 0 amide bonds. The molecule has 0 aliphatic rings. The van der Waals surface area contributed by atoms with Gasteiger partial charge in [0.25, 0.3) is 0 Å².